The summed E-state index contributed by atoms with van der Waals surface area (Å²) in [6.07, 6.45) is 5.91. The van der Waals surface area contributed by atoms with Crippen LogP contribution < -0.4 is 32.0 Å². The number of hydrogen-bond acceptors (Lipinski definition) is 14. The van der Waals surface area contributed by atoms with Crippen LogP contribution in [0.1, 0.15) is 83.5 Å². The lowest BCUT2D eigenvalue weighted by Crippen LogP contribution is -2.28. The summed E-state index contributed by atoms with van der Waals surface area (Å²) in [5.74, 6) is -0.236. The number of benzene rings is 6. The zero-order valence-corrected chi connectivity index (χ0v) is 47.3. The Morgan fingerprint density at radius 1 is 0.529 bits per heavy atom. The highest BCUT2D eigenvalue weighted by Gasteiger charge is 2.55. The smallest absolute Gasteiger partial charge is 0.250 e. The molecule has 0 unspecified atom stereocenters. The maximum atomic E-state index is 13.2. The Morgan fingerprint density at radius 3 is 1.24 bits per heavy atom. The van der Waals surface area contributed by atoms with E-state index in [0.717, 1.165) is 11.1 Å². The molecule has 2 aliphatic rings. The van der Waals surface area contributed by atoms with Gasteiger partial charge < -0.3 is 41.5 Å². The molecular formula is C66H69BrF2N6O10. The SMILES string of the molecule is C.C.COCCN.COCCNc1cc2nccc(Oc3ccc(CC(=O)C4(C(=O)Cc5ccc(F)cc5)CC4)cc3)c2cc1C(N)=O.NC(=O)c1cc2c(Oc3ccc(CC(=O)C4(C(=O)Cc5ccc(F)cc5)CC4)cc3)ccnc2cc1Br. The molecule has 0 bridgehead atoms. The molecule has 2 amide bonds. The van der Waals surface area contributed by atoms with Gasteiger partial charge >= 0.3 is 0 Å². The fraction of sp³-hybridized carbons (Fsp3) is 0.273. The number of fused-ring (bicyclic) bond motifs is 2. The Morgan fingerprint density at radius 2 is 0.894 bits per heavy atom. The van der Waals surface area contributed by atoms with Gasteiger partial charge in [-0.15, -0.1) is 0 Å². The van der Waals surface area contributed by atoms with E-state index in [1.54, 1.807) is 136 Å². The van der Waals surface area contributed by atoms with Gasteiger partial charge in [-0.25, -0.2) is 8.78 Å². The fourth-order valence-corrected chi connectivity index (χ4v) is 9.86. The first-order valence-electron chi connectivity index (χ1n) is 26.6. The van der Waals surface area contributed by atoms with Crippen LogP contribution in [-0.4, -0.2) is 85.4 Å². The van der Waals surface area contributed by atoms with Gasteiger partial charge in [0.25, 0.3) is 5.91 Å². The van der Waals surface area contributed by atoms with E-state index >= 15 is 0 Å². The van der Waals surface area contributed by atoms with Gasteiger partial charge in [-0.2, -0.15) is 0 Å². The Hall–Kier alpha value is -8.62. The third-order valence-corrected chi connectivity index (χ3v) is 15.0. The Kier molecular flexibility index (Phi) is 22.9. The van der Waals surface area contributed by atoms with Crippen LogP contribution in [0.15, 0.2) is 150 Å². The van der Waals surface area contributed by atoms with Crippen molar-refractivity contribution in [1.29, 1.82) is 0 Å². The largest absolute Gasteiger partial charge is 0.457 e. The summed E-state index contributed by atoms with van der Waals surface area (Å²) in [6.45, 7) is 2.25. The standard InChI is InChI=1S/C32H30FN3O5.C29H22BrFN2O4.C3H9NO.2CH4/c1-40-15-14-36-27-19-26-24(18-25(27)31(34)39)28(10-13-35-26)41-23-8-4-21(5-9-23)17-30(38)32(11-12-32)29(37)16-20-2-6-22(33)7-3-20;30-23-16-24-22(15-21(23)28(32)36)25(9-12-33-24)37-20-7-3-18(4-8-20)14-27(35)29(10-11-29)26(34)13-17-1-5-19(31)6-2-17;1-5-3-2-4;;/h2-10,13,18-19,36H,11-12,14-17H2,1H3,(H2,34,39);1-9,12,15-16H,10-11,13-14H2,(H2,32,36);2-4H2,1H3;2*1H4. The zero-order valence-electron chi connectivity index (χ0n) is 45.7. The van der Waals surface area contributed by atoms with Crippen molar-refractivity contribution in [2.45, 2.75) is 66.2 Å². The molecule has 2 heterocycles. The van der Waals surface area contributed by atoms with Crippen LogP contribution in [0.25, 0.3) is 21.8 Å². The Balaban J connectivity index is 0.000000248. The number of methoxy groups -OCH3 is 2. The van der Waals surface area contributed by atoms with E-state index in [1.165, 1.54) is 24.3 Å². The van der Waals surface area contributed by atoms with Crippen LogP contribution in [0.2, 0.25) is 0 Å². The van der Waals surface area contributed by atoms with Gasteiger partial charge in [0.05, 0.1) is 46.2 Å². The van der Waals surface area contributed by atoms with Crippen molar-refractivity contribution in [1.82, 2.24) is 9.97 Å². The molecular weight excluding hydrogens is 1150 g/mol. The number of hydrogen-bond donors (Lipinski definition) is 4. The molecule has 16 nitrogen and oxygen atoms in total. The average molecular weight is 1220 g/mol. The number of ketones is 4. The average Bonchev–Trinajstić information content (AvgIpc) is 3.70. The molecule has 85 heavy (non-hydrogen) atoms. The van der Waals surface area contributed by atoms with Crippen molar-refractivity contribution in [2.75, 3.05) is 45.8 Å². The molecule has 7 N–H and O–H groups in total. The number of Topliss-reactive ketones (excluding diaryl/α,β-unsaturated/α-hetero) is 4. The van der Waals surface area contributed by atoms with Crippen LogP contribution in [0.3, 0.4) is 0 Å². The van der Waals surface area contributed by atoms with Crippen molar-refractivity contribution in [3.63, 3.8) is 0 Å². The van der Waals surface area contributed by atoms with Gasteiger partial charge in [-0.3, -0.25) is 38.7 Å². The lowest BCUT2D eigenvalue weighted by molar-refractivity contribution is -0.135. The zero-order chi connectivity index (χ0) is 59.3. The van der Waals surface area contributed by atoms with E-state index in [1.807, 2.05) is 0 Å². The molecule has 2 saturated carbocycles. The highest BCUT2D eigenvalue weighted by Crippen LogP contribution is 2.50. The van der Waals surface area contributed by atoms with Crippen LogP contribution in [-0.2, 0) is 54.3 Å². The van der Waals surface area contributed by atoms with Gasteiger partial charge in [0.15, 0.2) is 23.1 Å². The third-order valence-electron chi connectivity index (χ3n) is 14.3. The summed E-state index contributed by atoms with van der Waals surface area (Å²) in [4.78, 5) is 84.7. The lowest BCUT2D eigenvalue weighted by Gasteiger charge is -2.14. The molecule has 10 rings (SSSR count). The Bertz CT molecular complexity index is 3670. The minimum absolute atomic E-state index is 0. The first-order chi connectivity index (χ1) is 39.9. The summed E-state index contributed by atoms with van der Waals surface area (Å²) in [6, 6.07) is 35.9. The fourth-order valence-electron chi connectivity index (χ4n) is 9.34. The molecule has 2 fully saturated rings. The molecule has 0 atom stereocenters. The van der Waals surface area contributed by atoms with Gasteiger partial charge in [-0.05, 0) is 149 Å². The number of halogens is 3. The van der Waals surface area contributed by atoms with Gasteiger partial charge in [0, 0.05) is 86.3 Å². The highest BCUT2D eigenvalue weighted by atomic mass is 79.9. The second-order valence-electron chi connectivity index (χ2n) is 20.1. The molecule has 6 aromatic carbocycles. The van der Waals surface area contributed by atoms with Gasteiger partial charge in [-0.1, -0.05) is 63.4 Å². The number of pyridine rings is 2. The van der Waals surface area contributed by atoms with Crippen LogP contribution in [0.4, 0.5) is 14.5 Å². The molecule has 0 radical (unpaired) electrons. The second kappa shape index (κ2) is 29.8. The predicted molar refractivity (Wildman–Crippen MR) is 327 cm³/mol. The van der Waals surface area contributed by atoms with Gasteiger partial charge in [0.1, 0.15) is 34.6 Å². The number of rotatable bonds is 24. The monoisotopic (exact) mass is 1220 g/mol. The number of nitrogens with two attached hydrogens (primary N) is 3. The number of aromatic nitrogens is 2. The van der Waals surface area contributed by atoms with Crippen molar-refractivity contribution < 1.29 is 56.5 Å². The van der Waals surface area contributed by atoms with Crippen LogP contribution >= 0.6 is 15.9 Å². The third kappa shape index (κ3) is 16.6. The summed E-state index contributed by atoms with van der Waals surface area (Å²) in [5.41, 5.74) is 19.6. The van der Waals surface area contributed by atoms with E-state index in [-0.39, 0.29) is 75.3 Å². The predicted octanol–water partition coefficient (Wildman–Crippen LogP) is 11.6. The molecule has 19 heteroatoms. The van der Waals surface area contributed by atoms with Crippen molar-refractivity contribution >= 4 is 78.4 Å². The number of primary amides is 2. The summed E-state index contributed by atoms with van der Waals surface area (Å²) in [5, 5.41) is 4.40. The van der Waals surface area contributed by atoms with Crippen molar-refractivity contribution in [2.24, 2.45) is 28.0 Å². The normalized spacial score (nSPS) is 13.0. The maximum Gasteiger partial charge on any atom is 0.250 e. The molecule has 0 spiro atoms. The lowest BCUT2D eigenvalue weighted by atomic mass is 9.88. The second-order valence-corrected chi connectivity index (χ2v) is 21.0. The van der Waals surface area contributed by atoms with E-state index in [0.29, 0.717) is 129 Å². The molecule has 0 saturated heterocycles. The number of carbonyl (C=O) groups is 6. The van der Waals surface area contributed by atoms with Gasteiger partial charge in [0.2, 0.25) is 5.91 Å². The first-order valence-corrected chi connectivity index (χ1v) is 27.4. The topological polar surface area (TPSA) is 255 Å². The quantitative estimate of drug-likeness (QED) is 0.0324. The number of ether oxygens (including phenoxy) is 4. The first kappa shape index (κ1) is 65.5. The van der Waals surface area contributed by atoms with Crippen molar-refractivity contribution in [3.05, 3.63) is 195 Å². The van der Waals surface area contributed by atoms with E-state index in [4.69, 9.17) is 31.4 Å². The van der Waals surface area contributed by atoms with Crippen LogP contribution in [0, 0.1) is 22.5 Å². The molecule has 2 aromatic heterocycles. The van der Waals surface area contributed by atoms with E-state index in [9.17, 15) is 37.5 Å². The number of carbonyl (C=O) groups excluding carboxylic acids is 6. The summed E-state index contributed by atoms with van der Waals surface area (Å²) in [7, 11) is 3.22. The highest BCUT2D eigenvalue weighted by molar-refractivity contribution is 9.10. The molecule has 2 aliphatic carbocycles. The Labute approximate surface area is 500 Å². The molecule has 444 valence electrons. The summed E-state index contributed by atoms with van der Waals surface area (Å²) < 4.78 is 48.7. The molecule has 0 aliphatic heterocycles. The number of amides is 2. The van der Waals surface area contributed by atoms with Crippen LogP contribution in [0.5, 0.6) is 23.0 Å². The number of nitrogens with one attached hydrogen (secondary N) is 1. The summed E-state index contributed by atoms with van der Waals surface area (Å²) >= 11 is 3.34. The molecule has 8 aromatic rings. The minimum Gasteiger partial charge on any atom is -0.457 e. The number of nitrogens with zero attached hydrogens (tertiary/aromatic N) is 2. The van der Waals surface area contributed by atoms with E-state index in [2.05, 4.69) is 36.0 Å². The van der Waals surface area contributed by atoms with Crippen molar-refractivity contribution in [3.8, 4) is 23.0 Å². The van der Waals surface area contributed by atoms with E-state index < -0.39 is 22.6 Å². The number of anilines is 1. The minimum atomic E-state index is -0.949. The maximum absolute atomic E-state index is 13.2.